The van der Waals surface area contributed by atoms with Crippen molar-refractivity contribution in [1.82, 2.24) is 19.7 Å². The number of ether oxygens (including phenoxy) is 1. The number of allylic oxidation sites excluding steroid dienone is 1. The van der Waals surface area contributed by atoms with E-state index in [4.69, 9.17) is 9.57 Å². The molecule has 2 amide bonds. The summed E-state index contributed by atoms with van der Waals surface area (Å²) in [5.74, 6) is -0.323. The monoisotopic (exact) mass is 577 g/mol. The van der Waals surface area contributed by atoms with Crippen molar-refractivity contribution in [2.24, 2.45) is 0 Å². The molecule has 2 saturated heterocycles. The van der Waals surface area contributed by atoms with E-state index in [1.165, 1.54) is 43.6 Å². The number of hydrogen-bond acceptors (Lipinski definition) is 9. The fraction of sp³-hybridized carbons (Fsp3) is 0.400. The van der Waals surface area contributed by atoms with Crippen LogP contribution in [-0.2, 0) is 9.59 Å². The van der Waals surface area contributed by atoms with Gasteiger partial charge in [-0.3, -0.25) is 19.3 Å². The number of piperazine rings is 1. The molecule has 11 heteroatoms. The first kappa shape index (κ1) is 28.7. The molecule has 3 heterocycles. The smallest absolute Gasteiger partial charge is 0.259 e. The summed E-state index contributed by atoms with van der Waals surface area (Å²) in [6.45, 7) is 7.08. The number of aromatic nitrogens is 1. The van der Waals surface area contributed by atoms with Crippen LogP contribution in [0.3, 0.4) is 0 Å². The Morgan fingerprint density at radius 2 is 1.71 bits per heavy atom. The number of para-hydroxylation sites is 1. The van der Waals surface area contributed by atoms with Crippen molar-refractivity contribution in [2.45, 2.75) is 25.8 Å². The lowest BCUT2D eigenvalue weighted by Crippen LogP contribution is -2.52. The van der Waals surface area contributed by atoms with E-state index in [1.54, 1.807) is 12.1 Å². The molecule has 0 atom stereocenters. The number of hydroxylamine groups is 1. The number of likely N-dealkylation sites (tertiary alicyclic amines) is 1. The van der Waals surface area contributed by atoms with Crippen molar-refractivity contribution < 1.29 is 24.0 Å². The highest BCUT2D eigenvalue weighted by Crippen LogP contribution is 2.33. The lowest BCUT2D eigenvalue weighted by molar-refractivity contribution is -0.127. The third-order valence-electron chi connectivity index (χ3n) is 7.59. The number of likely N-dealkylation sites (N-methyl/N-ethyl adjacent to an activating group) is 1. The minimum atomic E-state index is -0.361. The molecule has 0 saturated carbocycles. The largest absolute Gasteiger partial charge is 0.493 e. The maximum Gasteiger partial charge on any atom is 0.259 e. The topological polar surface area (TPSA) is 95.5 Å². The van der Waals surface area contributed by atoms with Crippen molar-refractivity contribution in [3.8, 4) is 11.5 Å². The van der Waals surface area contributed by atoms with E-state index in [0.717, 1.165) is 54.3 Å². The van der Waals surface area contributed by atoms with Crippen molar-refractivity contribution in [3.05, 3.63) is 60.2 Å². The number of ketones is 1. The normalized spacial score (nSPS) is 17.2. The number of anilines is 1. The molecular weight excluding hydrogens is 542 g/mol. The molecule has 41 heavy (non-hydrogen) atoms. The number of rotatable bonds is 8. The second kappa shape index (κ2) is 12.8. The zero-order valence-corrected chi connectivity index (χ0v) is 24.4. The van der Waals surface area contributed by atoms with Crippen LogP contribution in [0.5, 0.6) is 11.5 Å². The van der Waals surface area contributed by atoms with Crippen LogP contribution in [0.4, 0.5) is 5.13 Å². The molecule has 0 unspecified atom stereocenters. The van der Waals surface area contributed by atoms with Crippen molar-refractivity contribution >= 4 is 44.3 Å². The highest BCUT2D eigenvalue weighted by Gasteiger charge is 2.28. The number of nitrogens with zero attached hydrogens (tertiary/aromatic N) is 5. The molecule has 5 rings (SSSR count). The molecule has 0 aliphatic carbocycles. The highest BCUT2D eigenvalue weighted by atomic mass is 32.1. The van der Waals surface area contributed by atoms with Crippen LogP contribution in [0.15, 0.2) is 54.6 Å². The fourth-order valence-electron chi connectivity index (χ4n) is 5.17. The maximum atomic E-state index is 12.9. The first-order valence-corrected chi connectivity index (χ1v) is 14.6. The molecule has 0 bridgehead atoms. The van der Waals surface area contributed by atoms with Crippen LogP contribution in [0.2, 0.25) is 0 Å². The number of piperidine rings is 1. The Kier molecular flexibility index (Phi) is 8.96. The zero-order valence-electron chi connectivity index (χ0n) is 23.6. The Morgan fingerprint density at radius 1 is 0.976 bits per heavy atom. The van der Waals surface area contributed by atoms with Gasteiger partial charge in [-0.25, -0.2) is 4.98 Å². The van der Waals surface area contributed by atoms with Crippen LogP contribution in [0.25, 0.3) is 10.2 Å². The summed E-state index contributed by atoms with van der Waals surface area (Å²) < 4.78 is 6.38. The van der Waals surface area contributed by atoms with Crippen LogP contribution >= 0.6 is 11.3 Å². The first-order chi connectivity index (χ1) is 19.8. The molecule has 216 valence electrons. The van der Waals surface area contributed by atoms with Gasteiger partial charge >= 0.3 is 0 Å². The average Bonchev–Trinajstić information content (AvgIpc) is 3.42. The Bertz CT molecular complexity index is 1410. The van der Waals surface area contributed by atoms with Gasteiger partial charge in [-0.1, -0.05) is 23.5 Å². The molecule has 3 aromatic rings. The van der Waals surface area contributed by atoms with E-state index in [-0.39, 0.29) is 29.1 Å². The molecule has 0 N–H and O–H groups in total. The zero-order chi connectivity index (χ0) is 28.9. The molecule has 1 aromatic heterocycles. The van der Waals surface area contributed by atoms with Gasteiger partial charge in [0.25, 0.3) is 5.91 Å². The van der Waals surface area contributed by atoms with Gasteiger partial charge in [-0.05, 0) is 56.3 Å². The predicted octanol–water partition coefficient (Wildman–Crippen LogP) is 3.63. The standard InChI is InChI=1S/C30H35N5O5S/c1-21(36)35(30-31-24-6-4-5-7-28(24)41-30)40-26-10-8-22(20-27(26)39-3)25(37)9-11-29(38)34-14-12-23(13-15-34)33-18-16-32(2)17-19-33/h4-11,20,23H,12-19H2,1-3H3. The number of methoxy groups -OCH3 is 1. The molecular formula is C30H35N5O5S. The maximum absolute atomic E-state index is 12.9. The molecule has 2 fully saturated rings. The third-order valence-corrected chi connectivity index (χ3v) is 8.59. The summed E-state index contributed by atoms with van der Waals surface area (Å²) in [6, 6.07) is 12.8. The van der Waals surface area contributed by atoms with Crippen LogP contribution < -0.4 is 14.6 Å². The van der Waals surface area contributed by atoms with Gasteiger partial charge in [0.2, 0.25) is 11.0 Å². The van der Waals surface area contributed by atoms with Gasteiger partial charge < -0.3 is 19.4 Å². The average molecular weight is 578 g/mol. The lowest BCUT2D eigenvalue weighted by atomic mass is 10.0. The van der Waals surface area contributed by atoms with Crippen LogP contribution in [0, 0.1) is 0 Å². The van der Waals surface area contributed by atoms with E-state index in [1.807, 2.05) is 29.2 Å². The van der Waals surface area contributed by atoms with Crippen molar-refractivity contribution in [3.63, 3.8) is 0 Å². The molecule has 2 aliphatic heterocycles. The summed E-state index contributed by atoms with van der Waals surface area (Å²) in [5.41, 5.74) is 1.09. The Labute approximate surface area is 243 Å². The number of carbonyl (C=O) groups is 3. The SMILES string of the molecule is COc1cc(C(=O)C=CC(=O)N2CCC(N3CCN(C)CC3)CC2)ccc1ON(C(C)=O)c1nc2ccccc2s1. The lowest BCUT2D eigenvalue weighted by Gasteiger charge is -2.41. The van der Waals surface area contributed by atoms with Crippen molar-refractivity contribution in [2.75, 3.05) is 58.5 Å². The molecule has 2 aromatic carbocycles. The van der Waals surface area contributed by atoms with E-state index in [2.05, 4.69) is 21.8 Å². The van der Waals surface area contributed by atoms with E-state index in [0.29, 0.717) is 29.8 Å². The van der Waals surface area contributed by atoms with Gasteiger partial charge in [0, 0.05) is 63.9 Å². The Morgan fingerprint density at radius 3 is 2.39 bits per heavy atom. The van der Waals surface area contributed by atoms with Gasteiger partial charge in [0.15, 0.2) is 17.3 Å². The van der Waals surface area contributed by atoms with Crippen molar-refractivity contribution in [1.29, 1.82) is 0 Å². The van der Waals surface area contributed by atoms with Crippen LogP contribution in [-0.4, -0.2) is 96.7 Å². The number of fused-ring (bicyclic) bond motifs is 1. The highest BCUT2D eigenvalue weighted by molar-refractivity contribution is 7.22. The third kappa shape index (κ3) is 6.75. The first-order valence-electron chi connectivity index (χ1n) is 13.8. The molecule has 0 radical (unpaired) electrons. The number of thiazole rings is 1. The number of hydrogen-bond donors (Lipinski definition) is 0. The Hall–Kier alpha value is -3.80. The minimum Gasteiger partial charge on any atom is -0.493 e. The quantitative estimate of drug-likeness (QED) is 0.228. The van der Waals surface area contributed by atoms with E-state index >= 15 is 0 Å². The second-order valence-corrected chi connectivity index (χ2v) is 11.3. The summed E-state index contributed by atoms with van der Waals surface area (Å²) >= 11 is 1.33. The summed E-state index contributed by atoms with van der Waals surface area (Å²) in [4.78, 5) is 55.2. The number of carbonyl (C=O) groups excluding carboxylic acids is 3. The van der Waals surface area contributed by atoms with Gasteiger partial charge in [-0.15, -0.1) is 5.06 Å². The predicted molar refractivity (Wildman–Crippen MR) is 159 cm³/mol. The summed E-state index contributed by atoms with van der Waals surface area (Å²) in [7, 11) is 3.61. The van der Waals surface area contributed by atoms with Gasteiger partial charge in [0.1, 0.15) is 0 Å². The summed E-state index contributed by atoms with van der Waals surface area (Å²) in [6.07, 6.45) is 4.54. The molecule has 2 aliphatic rings. The van der Waals surface area contributed by atoms with Gasteiger partial charge in [0.05, 0.1) is 17.3 Å². The second-order valence-electron chi connectivity index (χ2n) is 10.3. The molecule has 0 spiro atoms. The van der Waals surface area contributed by atoms with E-state index < -0.39 is 0 Å². The van der Waals surface area contributed by atoms with Crippen LogP contribution in [0.1, 0.15) is 30.1 Å². The fourth-order valence-corrected chi connectivity index (χ4v) is 6.12. The summed E-state index contributed by atoms with van der Waals surface area (Å²) in [5, 5.41) is 1.49. The minimum absolute atomic E-state index is 0.157. The number of benzene rings is 2. The number of amides is 2. The van der Waals surface area contributed by atoms with E-state index in [9.17, 15) is 14.4 Å². The molecule has 10 nitrogen and oxygen atoms in total. The Balaban J connectivity index is 1.20. The van der Waals surface area contributed by atoms with Gasteiger partial charge in [-0.2, -0.15) is 0 Å².